The van der Waals surface area contributed by atoms with E-state index in [-0.39, 0.29) is 5.69 Å². The minimum Gasteiger partial charge on any atom is -0.397 e. The maximum absolute atomic E-state index is 9.17. The zero-order valence-corrected chi connectivity index (χ0v) is 10.1. The monoisotopic (exact) mass is 253 g/mol. The number of nitrogens with zero attached hydrogens (tertiary/aromatic N) is 2. The fourth-order valence-corrected chi connectivity index (χ4v) is 1.83. The average Bonchev–Trinajstić information content (AvgIpc) is 2.39. The van der Waals surface area contributed by atoms with Crippen molar-refractivity contribution >= 4 is 17.3 Å². The van der Waals surface area contributed by atoms with Gasteiger partial charge in [0.05, 0.1) is 16.8 Å². The van der Waals surface area contributed by atoms with Gasteiger partial charge >= 0.3 is 0 Å². The second-order valence-electron chi connectivity index (χ2n) is 3.68. The van der Waals surface area contributed by atoms with Crippen molar-refractivity contribution < 1.29 is 0 Å². The molecule has 0 bridgehead atoms. The molecule has 3 nitrogen and oxygen atoms in total. The molecule has 0 amide bonds. The zero-order valence-electron chi connectivity index (χ0n) is 9.31. The van der Waals surface area contributed by atoms with Crippen LogP contribution in [0.1, 0.15) is 11.1 Å². The van der Waals surface area contributed by atoms with E-state index in [0.29, 0.717) is 21.7 Å². The van der Waals surface area contributed by atoms with E-state index < -0.39 is 0 Å². The maximum atomic E-state index is 9.17. The molecule has 0 saturated heterocycles. The highest BCUT2D eigenvalue weighted by Crippen LogP contribution is 2.30. The largest absolute Gasteiger partial charge is 0.397 e. The van der Waals surface area contributed by atoms with Crippen LogP contribution in [0.4, 0.5) is 5.69 Å². The van der Waals surface area contributed by atoms with Crippen LogP contribution in [0.2, 0.25) is 5.02 Å². The first-order valence-corrected chi connectivity index (χ1v) is 5.53. The van der Waals surface area contributed by atoms with Crippen LogP contribution in [0.3, 0.4) is 0 Å². The van der Waals surface area contributed by atoms with Crippen LogP contribution in [0, 0.1) is 22.7 Å². The summed E-state index contributed by atoms with van der Waals surface area (Å²) in [4.78, 5) is 0. The number of nitrogen functional groups attached to an aromatic ring is 1. The predicted octanol–water partition coefficient (Wildman–Crippen LogP) is 3.33. The fraction of sp³-hybridized carbons (Fsp3) is 0. The first-order valence-electron chi connectivity index (χ1n) is 5.16. The summed E-state index contributed by atoms with van der Waals surface area (Å²) < 4.78 is 0. The van der Waals surface area contributed by atoms with Gasteiger partial charge in [0.1, 0.15) is 12.1 Å². The number of nitrogens with two attached hydrogens (primary N) is 1. The van der Waals surface area contributed by atoms with Crippen LogP contribution in [0.15, 0.2) is 36.4 Å². The van der Waals surface area contributed by atoms with Gasteiger partial charge in [-0.15, -0.1) is 0 Å². The molecule has 2 N–H and O–H groups in total. The van der Waals surface area contributed by atoms with Crippen molar-refractivity contribution in [2.24, 2.45) is 0 Å². The molecule has 0 heterocycles. The quantitative estimate of drug-likeness (QED) is 0.792. The molecule has 0 aromatic heterocycles. The van der Waals surface area contributed by atoms with Gasteiger partial charge in [-0.25, -0.2) is 0 Å². The Morgan fingerprint density at radius 1 is 0.944 bits per heavy atom. The van der Waals surface area contributed by atoms with Crippen LogP contribution in [-0.2, 0) is 0 Å². The molecule has 4 heteroatoms. The summed E-state index contributed by atoms with van der Waals surface area (Å²) in [6.07, 6.45) is 0. The van der Waals surface area contributed by atoms with Crippen molar-refractivity contribution in [3.05, 3.63) is 52.5 Å². The first-order chi connectivity index (χ1) is 8.67. The minimum absolute atomic E-state index is 0.215. The second kappa shape index (κ2) is 4.79. The standard InChI is InChI=1S/C14H8ClN3/c15-11-4-1-9(2-5-11)12-6-3-10(7-16)14(18)13(12)8-17/h1-6H,18H2. The van der Waals surface area contributed by atoms with Crippen LogP contribution in [-0.4, -0.2) is 0 Å². The van der Waals surface area contributed by atoms with Crippen LogP contribution < -0.4 is 5.73 Å². The maximum Gasteiger partial charge on any atom is 0.102 e. The second-order valence-corrected chi connectivity index (χ2v) is 4.12. The topological polar surface area (TPSA) is 73.6 Å². The molecule has 0 unspecified atom stereocenters. The molecule has 0 aliphatic carbocycles. The lowest BCUT2D eigenvalue weighted by Crippen LogP contribution is -1.97. The predicted molar refractivity (Wildman–Crippen MR) is 70.7 cm³/mol. The van der Waals surface area contributed by atoms with Crippen molar-refractivity contribution in [2.75, 3.05) is 5.73 Å². The van der Waals surface area contributed by atoms with Crippen molar-refractivity contribution in [1.29, 1.82) is 10.5 Å². The van der Waals surface area contributed by atoms with E-state index in [2.05, 4.69) is 0 Å². The molecular weight excluding hydrogens is 246 g/mol. The molecule has 2 rings (SSSR count). The molecular formula is C14H8ClN3. The molecule has 2 aromatic rings. The molecule has 86 valence electrons. The average molecular weight is 254 g/mol. The number of nitriles is 2. The Balaban J connectivity index is 2.67. The SMILES string of the molecule is N#Cc1ccc(-c2ccc(Cl)cc2)c(C#N)c1N. The van der Waals surface area contributed by atoms with Crippen LogP contribution >= 0.6 is 11.6 Å². The number of hydrogen-bond donors (Lipinski definition) is 1. The number of rotatable bonds is 1. The molecule has 2 aromatic carbocycles. The Bertz CT molecular complexity index is 676. The van der Waals surface area contributed by atoms with Gasteiger partial charge in [-0.3, -0.25) is 0 Å². The third-order valence-electron chi connectivity index (χ3n) is 2.63. The lowest BCUT2D eigenvalue weighted by atomic mass is 9.96. The van der Waals surface area contributed by atoms with Gasteiger partial charge in [0.2, 0.25) is 0 Å². The van der Waals surface area contributed by atoms with E-state index in [9.17, 15) is 0 Å². The molecule has 0 saturated carbocycles. The Morgan fingerprint density at radius 3 is 2.17 bits per heavy atom. The van der Waals surface area contributed by atoms with Gasteiger partial charge in [-0.2, -0.15) is 10.5 Å². The summed E-state index contributed by atoms with van der Waals surface area (Å²) in [6.45, 7) is 0. The van der Waals surface area contributed by atoms with Gasteiger partial charge in [-0.1, -0.05) is 29.8 Å². The summed E-state index contributed by atoms with van der Waals surface area (Å²) in [6, 6.07) is 14.4. The molecule has 0 spiro atoms. The Morgan fingerprint density at radius 2 is 1.61 bits per heavy atom. The molecule has 0 atom stereocenters. The van der Waals surface area contributed by atoms with Crippen molar-refractivity contribution in [2.45, 2.75) is 0 Å². The first kappa shape index (κ1) is 12.0. The van der Waals surface area contributed by atoms with E-state index in [1.807, 2.05) is 24.3 Å². The Hall–Kier alpha value is -2.49. The highest BCUT2D eigenvalue weighted by molar-refractivity contribution is 6.30. The van der Waals surface area contributed by atoms with E-state index in [4.69, 9.17) is 27.9 Å². The molecule has 18 heavy (non-hydrogen) atoms. The highest BCUT2D eigenvalue weighted by Gasteiger charge is 2.11. The minimum atomic E-state index is 0.215. The molecule has 0 aliphatic rings. The lowest BCUT2D eigenvalue weighted by molar-refractivity contribution is 1.44. The number of hydrogen-bond acceptors (Lipinski definition) is 3. The molecule has 0 aliphatic heterocycles. The normalized spacial score (nSPS) is 9.50. The lowest BCUT2D eigenvalue weighted by Gasteiger charge is -2.08. The Labute approximate surface area is 110 Å². The van der Waals surface area contributed by atoms with E-state index in [0.717, 1.165) is 5.56 Å². The molecule has 0 fully saturated rings. The smallest absolute Gasteiger partial charge is 0.102 e. The summed E-state index contributed by atoms with van der Waals surface area (Å²) >= 11 is 5.82. The van der Waals surface area contributed by atoms with E-state index in [1.54, 1.807) is 24.3 Å². The third-order valence-corrected chi connectivity index (χ3v) is 2.88. The van der Waals surface area contributed by atoms with Gasteiger partial charge in [0.25, 0.3) is 0 Å². The number of benzene rings is 2. The number of halogens is 1. The van der Waals surface area contributed by atoms with Gasteiger partial charge in [0, 0.05) is 10.6 Å². The summed E-state index contributed by atoms with van der Waals surface area (Å²) in [5.41, 5.74) is 8.18. The summed E-state index contributed by atoms with van der Waals surface area (Å²) in [5.74, 6) is 0. The van der Waals surface area contributed by atoms with Crippen molar-refractivity contribution in [3.63, 3.8) is 0 Å². The fourth-order valence-electron chi connectivity index (χ4n) is 1.71. The van der Waals surface area contributed by atoms with Crippen molar-refractivity contribution in [1.82, 2.24) is 0 Å². The summed E-state index contributed by atoms with van der Waals surface area (Å²) in [7, 11) is 0. The van der Waals surface area contributed by atoms with E-state index >= 15 is 0 Å². The van der Waals surface area contributed by atoms with Crippen LogP contribution in [0.25, 0.3) is 11.1 Å². The third kappa shape index (κ3) is 2.00. The number of anilines is 1. The molecule has 0 radical (unpaired) electrons. The van der Waals surface area contributed by atoms with Gasteiger partial charge in [0.15, 0.2) is 0 Å². The highest BCUT2D eigenvalue weighted by atomic mass is 35.5. The zero-order chi connectivity index (χ0) is 13.1. The summed E-state index contributed by atoms with van der Waals surface area (Å²) in [5, 5.41) is 18.7. The van der Waals surface area contributed by atoms with Crippen LogP contribution in [0.5, 0.6) is 0 Å². The Kier molecular flexibility index (Phi) is 3.19. The van der Waals surface area contributed by atoms with E-state index in [1.165, 1.54) is 0 Å². The van der Waals surface area contributed by atoms with Gasteiger partial charge < -0.3 is 5.73 Å². The van der Waals surface area contributed by atoms with Crippen molar-refractivity contribution in [3.8, 4) is 23.3 Å². The van der Waals surface area contributed by atoms with Gasteiger partial charge in [-0.05, 0) is 23.8 Å².